The van der Waals surface area contributed by atoms with Crippen LogP contribution in [0.1, 0.15) is 33.9 Å². The molecular weight excluding hydrogens is 474 g/mol. The number of hydrogen-bond donors (Lipinski definition) is 3. The molecule has 0 radical (unpaired) electrons. The summed E-state index contributed by atoms with van der Waals surface area (Å²) in [4.78, 5) is 10.6. The number of benzene rings is 1. The number of nitrogens with one attached hydrogen (secondary N) is 3. The zero-order valence-corrected chi connectivity index (χ0v) is 21.9. The first-order chi connectivity index (χ1) is 18.0. The Morgan fingerprint density at radius 2 is 1.95 bits per heavy atom. The van der Waals surface area contributed by atoms with Gasteiger partial charge in [0.25, 0.3) is 0 Å². The minimum absolute atomic E-state index is 0.591. The number of pyridine rings is 1. The molecule has 6 heteroatoms. The molecule has 0 unspecified atom stereocenters. The number of nitrogens with zero attached hydrogens (tertiary/aromatic N) is 2. The third kappa shape index (κ3) is 4.56. The Bertz CT molecular complexity index is 1670. The van der Waals surface area contributed by atoms with Gasteiger partial charge in [0.1, 0.15) is 5.69 Å². The van der Waals surface area contributed by atoms with Crippen molar-refractivity contribution in [2.24, 2.45) is 5.92 Å². The number of fused-ring (bicyclic) bond motifs is 1. The van der Waals surface area contributed by atoms with Crippen molar-refractivity contribution >= 4 is 33.5 Å². The lowest BCUT2D eigenvalue weighted by atomic mass is 10.0. The normalized spacial score (nSPS) is 13.7. The second-order valence-corrected chi connectivity index (χ2v) is 11.0. The average molecular weight is 504 g/mol. The molecule has 0 aliphatic heterocycles. The third-order valence-electron chi connectivity index (χ3n) is 6.86. The van der Waals surface area contributed by atoms with Crippen molar-refractivity contribution in [3.05, 3.63) is 107 Å². The summed E-state index contributed by atoms with van der Waals surface area (Å²) in [6.07, 6.45) is 10.1. The zero-order chi connectivity index (χ0) is 25.5. The van der Waals surface area contributed by atoms with Crippen molar-refractivity contribution < 1.29 is 0 Å². The van der Waals surface area contributed by atoms with Gasteiger partial charge >= 0.3 is 0 Å². The number of rotatable bonds is 8. The van der Waals surface area contributed by atoms with Gasteiger partial charge < -0.3 is 10.3 Å². The summed E-state index contributed by atoms with van der Waals surface area (Å²) in [6.45, 7) is 12.4. The van der Waals surface area contributed by atoms with Gasteiger partial charge in [-0.2, -0.15) is 5.10 Å². The van der Waals surface area contributed by atoms with E-state index in [4.69, 9.17) is 0 Å². The minimum atomic E-state index is 0.591. The highest BCUT2D eigenvalue weighted by Crippen LogP contribution is 2.38. The summed E-state index contributed by atoms with van der Waals surface area (Å²) in [7, 11) is 0. The van der Waals surface area contributed by atoms with Crippen molar-refractivity contribution in [3.8, 4) is 22.5 Å². The lowest BCUT2D eigenvalue weighted by Crippen LogP contribution is -2.00. The molecule has 1 saturated carbocycles. The number of allylic oxidation sites excluding steroid dienone is 3. The molecular formula is C31H29N5S. The van der Waals surface area contributed by atoms with Crippen LogP contribution in [-0.2, 0) is 0 Å². The molecule has 1 aliphatic carbocycles. The summed E-state index contributed by atoms with van der Waals surface area (Å²) in [6, 6.07) is 15.0. The summed E-state index contributed by atoms with van der Waals surface area (Å²) < 4.78 is 0. The molecule has 184 valence electrons. The number of hydrogen-bond acceptors (Lipinski definition) is 4. The number of aromatic nitrogens is 4. The van der Waals surface area contributed by atoms with Gasteiger partial charge in [-0.15, -0.1) is 11.3 Å². The number of aromatic amines is 2. The molecule has 1 fully saturated rings. The van der Waals surface area contributed by atoms with Crippen LogP contribution in [0.4, 0.5) is 5.69 Å². The van der Waals surface area contributed by atoms with Crippen LogP contribution < -0.4 is 5.32 Å². The van der Waals surface area contributed by atoms with Gasteiger partial charge in [-0.1, -0.05) is 31.4 Å². The quantitative estimate of drug-likeness (QED) is 0.187. The Morgan fingerprint density at radius 3 is 2.70 bits per heavy atom. The molecule has 5 nitrogen and oxygen atoms in total. The smallest absolute Gasteiger partial charge is 0.116 e. The van der Waals surface area contributed by atoms with Gasteiger partial charge in [0.05, 0.1) is 23.1 Å². The predicted octanol–water partition coefficient (Wildman–Crippen LogP) is 8.25. The largest absolute Gasteiger partial charge is 0.358 e. The molecule has 0 atom stereocenters. The number of H-pyrrole nitrogens is 2. The fourth-order valence-electron chi connectivity index (χ4n) is 4.75. The van der Waals surface area contributed by atoms with Crippen LogP contribution in [0.5, 0.6) is 0 Å². The molecule has 0 amide bonds. The second-order valence-electron chi connectivity index (χ2n) is 9.67. The van der Waals surface area contributed by atoms with E-state index in [2.05, 4.69) is 101 Å². The van der Waals surface area contributed by atoms with Gasteiger partial charge in [0, 0.05) is 49.4 Å². The fraction of sp³-hybridized carbons (Fsp3) is 0.161. The zero-order valence-electron chi connectivity index (χ0n) is 21.1. The van der Waals surface area contributed by atoms with E-state index in [1.807, 2.05) is 18.5 Å². The summed E-state index contributed by atoms with van der Waals surface area (Å²) in [5.74, 6) is 0.591. The maximum Gasteiger partial charge on any atom is 0.116 e. The Labute approximate surface area is 220 Å². The molecule has 4 heterocycles. The summed E-state index contributed by atoms with van der Waals surface area (Å²) >= 11 is 1.79. The fourth-order valence-corrected chi connectivity index (χ4v) is 5.66. The van der Waals surface area contributed by atoms with E-state index in [-0.39, 0.29) is 0 Å². The summed E-state index contributed by atoms with van der Waals surface area (Å²) in [5.41, 5.74) is 10.5. The van der Waals surface area contributed by atoms with Crippen LogP contribution in [0.2, 0.25) is 0 Å². The number of anilines is 1. The topological polar surface area (TPSA) is 69.4 Å². The lowest BCUT2D eigenvalue weighted by Gasteiger charge is -2.10. The monoisotopic (exact) mass is 503 g/mol. The Morgan fingerprint density at radius 1 is 1.08 bits per heavy atom. The molecule has 0 saturated heterocycles. The maximum atomic E-state index is 4.69. The first kappa shape index (κ1) is 23.3. The highest BCUT2D eigenvalue weighted by atomic mass is 32.1. The van der Waals surface area contributed by atoms with E-state index in [0.29, 0.717) is 5.92 Å². The van der Waals surface area contributed by atoms with Crippen LogP contribution in [-0.4, -0.2) is 20.2 Å². The van der Waals surface area contributed by atoms with Crippen molar-refractivity contribution in [2.45, 2.75) is 26.7 Å². The highest BCUT2D eigenvalue weighted by Gasteiger charge is 2.24. The number of thiophene rings is 1. The minimum Gasteiger partial charge on any atom is -0.358 e. The molecule has 6 rings (SSSR count). The Kier molecular flexibility index (Phi) is 5.89. The lowest BCUT2D eigenvalue weighted by molar-refractivity contribution is 1.02. The molecule has 0 bridgehead atoms. The van der Waals surface area contributed by atoms with Gasteiger partial charge in [-0.05, 0) is 74.6 Å². The van der Waals surface area contributed by atoms with Gasteiger partial charge in [0.2, 0.25) is 0 Å². The van der Waals surface area contributed by atoms with E-state index >= 15 is 0 Å². The Balaban J connectivity index is 1.37. The van der Waals surface area contributed by atoms with E-state index in [0.717, 1.165) is 61.6 Å². The molecule has 1 aromatic carbocycles. The molecule has 37 heavy (non-hydrogen) atoms. The van der Waals surface area contributed by atoms with Gasteiger partial charge in [-0.25, -0.2) is 0 Å². The molecule has 0 spiro atoms. The maximum absolute atomic E-state index is 4.69. The SMILES string of the molecule is C=C/C=C(/c1ccc(C)s1)c1cc(-c2n[nH]c3ccc(-c4cncc(NC(=C)C5CC5)c4)cc23)[nH]c1C. The molecule has 1 aliphatic rings. The molecule has 4 aromatic heterocycles. The molecule has 5 aromatic rings. The van der Waals surface area contributed by atoms with Crippen LogP contribution >= 0.6 is 11.3 Å². The standard InChI is InChI=1S/C31H29N5S/c1-5-6-25(30-12-7-18(2)37-30)26-15-29(34-20(26)4)31-27-14-22(10-11-28(27)35-36-31)23-13-24(17-32-16-23)33-19(3)21-8-9-21/h5-7,10-17,21,33-34H,1,3,8-9H2,2,4H3,(H,35,36)/b25-6+. The van der Waals surface area contributed by atoms with Crippen molar-refractivity contribution in [3.63, 3.8) is 0 Å². The first-order valence-electron chi connectivity index (χ1n) is 12.5. The van der Waals surface area contributed by atoms with E-state index in [1.54, 1.807) is 11.3 Å². The van der Waals surface area contributed by atoms with E-state index in [1.165, 1.54) is 22.6 Å². The van der Waals surface area contributed by atoms with Gasteiger partial charge in [0.15, 0.2) is 0 Å². The second kappa shape index (κ2) is 9.37. The molecule has 3 N–H and O–H groups in total. The van der Waals surface area contributed by atoms with Crippen molar-refractivity contribution in [2.75, 3.05) is 5.32 Å². The Hall–Kier alpha value is -4.16. The van der Waals surface area contributed by atoms with Crippen molar-refractivity contribution in [1.82, 2.24) is 20.2 Å². The van der Waals surface area contributed by atoms with Crippen LogP contribution in [0.3, 0.4) is 0 Å². The van der Waals surface area contributed by atoms with Gasteiger partial charge in [-0.3, -0.25) is 10.1 Å². The van der Waals surface area contributed by atoms with E-state index in [9.17, 15) is 0 Å². The number of aryl methyl sites for hydroxylation is 2. The average Bonchev–Trinajstić information content (AvgIpc) is 3.36. The van der Waals surface area contributed by atoms with Crippen LogP contribution in [0.15, 0.2) is 85.9 Å². The van der Waals surface area contributed by atoms with Crippen LogP contribution in [0, 0.1) is 19.8 Å². The van der Waals surface area contributed by atoms with Crippen LogP contribution in [0.25, 0.3) is 39.0 Å². The predicted molar refractivity (Wildman–Crippen MR) is 156 cm³/mol. The third-order valence-corrected chi connectivity index (χ3v) is 7.89. The summed E-state index contributed by atoms with van der Waals surface area (Å²) in [5, 5.41) is 12.4. The van der Waals surface area contributed by atoms with E-state index < -0.39 is 0 Å². The van der Waals surface area contributed by atoms with Crippen molar-refractivity contribution in [1.29, 1.82) is 0 Å². The highest BCUT2D eigenvalue weighted by molar-refractivity contribution is 7.13. The first-order valence-corrected chi connectivity index (χ1v) is 13.3.